The number of hydrogen-bond acceptors (Lipinski definition) is 2. The van der Waals surface area contributed by atoms with Crippen LogP contribution in [0.25, 0.3) is 0 Å². The number of carbonyl (C=O) groups excluding carboxylic acids is 1. The van der Waals surface area contributed by atoms with E-state index in [1.54, 1.807) is 0 Å². The number of halogens is 4. The maximum atomic E-state index is 12.3. The van der Waals surface area contributed by atoms with Crippen LogP contribution in [-0.4, -0.2) is 25.5 Å². The Hall–Kier alpha value is -1.27. The Balaban J connectivity index is 0.00000180. The van der Waals surface area contributed by atoms with E-state index in [1.807, 2.05) is 0 Å². The van der Waals surface area contributed by atoms with Gasteiger partial charge in [-0.3, -0.25) is 4.79 Å². The molecule has 0 atom stereocenters. The minimum Gasteiger partial charge on any atom is -0.352 e. The van der Waals surface area contributed by atoms with Crippen LogP contribution < -0.4 is 10.6 Å². The van der Waals surface area contributed by atoms with Crippen LogP contribution in [-0.2, 0) is 6.18 Å². The summed E-state index contributed by atoms with van der Waals surface area (Å²) in [7, 11) is 0. The molecular formula is C12H14ClF3N2O. The summed E-state index contributed by atoms with van der Waals surface area (Å²) in [5.41, 5.74) is -0.502. The third-order valence-corrected chi connectivity index (χ3v) is 2.89. The molecule has 7 heteroatoms. The maximum Gasteiger partial charge on any atom is 0.416 e. The Morgan fingerprint density at radius 1 is 1.26 bits per heavy atom. The van der Waals surface area contributed by atoms with Crippen LogP contribution >= 0.6 is 12.4 Å². The van der Waals surface area contributed by atoms with E-state index in [0.29, 0.717) is 12.5 Å². The second-order valence-corrected chi connectivity index (χ2v) is 4.31. The highest BCUT2D eigenvalue weighted by Gasteiger charge is 2.30. The van der Waals surface area contributed by atoms with Gasteiger partial charge in [0.25, 0.3) is 5.91 Å². The van der Waals surface area contributed by atoms with E-state index in [0.717, 1.165) is 25.2 Å². The van der Waals surface area contributed by atoms with Crippen LogP contribution in [0.5, 0.6) is 0 Å². The molecule has 106 valence electrons. The average Bonchev–Trinajstić information content (AvgIpc) is 2.26. The van der Waals surface area contributed by atoms with E-state index < -0.39 is 11.7 Å². The summed E-state index contributed by atoms with van der Waals surface area (Å²) in [6.45, 7) is 2.29. The molecule has 2 N–H and O–H groups in total. The van der Waals surface area contributed by atoms with Gasteiger partial charge in [-0.2, -0.15) is 13.2 Å². The summed E-state index contributed by atoms with van der Waals surface area (Å²) in [5.74, 6) is 0.0824. The number of carbonyl (C=O) groups is 1. The molecule has 1 aromatic rings. The standard InChI is InChI=1S/C12H13F3N2O.ClH/c13-12(14,15)10-3-1-9(2-4-10)11(18)17-7-8-5-16-6-8;/h1-4,8,16H,5-7H2,(H,17,18);1H. The van der Waals surface area contributed by atoms with E-state index in [9.17, 15) is 18.0 Å². The lowest BCUT2D eigenvalue weighted by Gasteiger charge is -2.27. The van der Waals surface area contributed by atoms with Gasteiger partial charge in [0.1, 0.15) is 0 Å². The maximum absolute atomic E-state index is 12.3. The zero-order chi connectivity index (χ0) is 13.2. The first kappa shape index (κ1) is 15.8. The van der Waals surface area contributed by atoms with Crippen molar-refractivity contribution < 1.29 is 18.0 Å². The summed E-state index contributed by atoms with van der Waals surface area (Å²) >= 11 is 0. The molecule has 1 aromatic carbocycles. The Labute approximate surface area is 115 Å². The highest BCUT2D eigenvalue weighted by Crippen LogP contribution is 2.29. The summed E-state index contributed by atoms with van der Waals surface area (Å²) < 4.78 is 37.0. The number of benzene rings is 1. The third kappa shape index (κ3) is 4.11. The predicted octanol–water partition coefficient (Wildman–Crippen LogP) is 2.08. The Morgan fingerprint density at radius 3 is 2.26 bits per heavy atom. The quantitative estimate of drug-likeness (QED) is 0.896. The van der Waals surface area contributed by atoms with Gasteiger partial charge in [-0.25, -0.2) is 0 Å². The minimum absolute atomic E-state index is 0. The number of rotatable bonds is 3. The molecule has 0 aliphatic carbocycles. The van der Waals surface area contributed by atoms with E-state index in [2.05, 4.69) is 10.6 Å². The van der Waals surface area contributed by atoms with Crippen molar-refractivity contribution in [1.29, 1.82) is 0 Å². The first-order chi connectivity index (χ1) is 8.47. The van der Waals surface area contributed by atoms with Gasteiger partial charge < -0.3 is 10.6 Å². The van der Waals surface area contributed by atoms with E-state index in [-0.39, 0.29) is 23.9 Å². The number of amides is 1. The van der Waals surface area contributed by atoms with Crippen molar-refractivity contribution in [3.63, 3.8) is 0 Å². The van der Waals surface area contributed by atoms with Crippen molar-refractivity contribution in [3.05, 3.63) is 35.4 Å². The van der Waals surface area contributed by atoms with Crippen LogP contribution in [0, 0.1) is 5.92 Å². The lowest BCUT2D eigenvalue weighted by atomic mass is 10.0. The molecule has 0 aromatic heterocycles. The second-order valence-electron chi connectivity index (χ2n) is 4.31. The molecule has 1 aliphatic heterocycles. The van der Waals surface area contributed by atoms with Crippen LogP contribution in [0.2, 0.25) is 0 Å². The summed E-state index contributed by atoms with van der Waals surface area (Å²) in [4.78, 5) is 11.6. The molecule has 3 nitrogen and oxygen atoms in total. The fraction of sp³-hybridized carbons (Fsp3) is 0.417. The van der Waals surface area contributed by atoms with E-state index in [1.165, 1.54) is 12.1 Å². The van der Waals surface area contributed by atoms with Crippen LogP contribution in [0.3, 0.4) is 0 Å². The van der Waals surface area contributed by atoms with Crippen molar-refractivity contribution in [2.45, 2.75) is 6.18 Å². The second kappa shape index (κ2) is 6.25. The highest BCUT2D eigenvalue weighted by molar-refractivity contribution is 5.94. The Kier molecular flexibility index (Phi) is 5.20. The monoisotopic (exact) mass is 294 g/mol. The molecule has 1 aliphatic rings. The van der Waals surface area contributed by atoms with Crippen molar-refractivity contribution in [3.8, 4) is 0 Å². The summed E-state index contributed by atoms with van der Waals surface area (Å²) in [6.07, 6.45) is -4.37. The lowest BCUT2D eigenvalue weighted by Crippen LogP contribution is -2.48. The molecule has 0 spiro atoms. The average molecular weight is 295 g/mol. The highest BCUT2D eigenvalue weighted by atomic mass is 35.5. The first-order valence-electron chi connectivity index (χ1n) is 5.63. The Bertz CT molecular complexity index is 430. The van der Waals surface area contributed by atoms with E-state index >= 15 is 0 Å². The van der Waals surface area contributed by atoms with Crippen LogP contribution in [0.4, 0.5) is 13.2 Å². The van der Waals surface area contributed by atoms with Gasteiger partial charge in [-0.15, -0.1) is 12.4 Å². The predicted molar refractivity (Wildman–Crippen MR) is 67.4 cm³/mol. The van der Waals surface area contributed by atoms with Gasteiger partial charge in [-0.05, 0) is 24.3 Å². The van der Waals surface area contributed by atoms with Crippen molar-refractivity contribution in [2.75, 3.05) is 19.6 Å². The Morgan fingerprint density at radius 2 is 1.84 bits per heavy atom. The fourth-order valence-electron chi connectivity index (χ4n) is 1.64. The van der Waals surface area contributed by atoms with Gasteiger partial charge in [0, 0.05) is 31.1 Å². The zero-order valence-electron chi connectivity index (χ0n) is 9.96. The largest absolute Gasteiger partial charge is 0.416 e. The normalized spacial score (nSPS) is 15.3. The fourth-order valence-corrected chi connectivity index (χ4v) is 1.64. The van der Waals surface area contributed by atoms with Crippen LogP contribution in [0.15, 0.2) is 24.3 Å². The SMILES string of the molecule is Cl.O=C(NCC1CNC1)c1ccc(C(F)(F)F)cc1. The molecule has 1 fully saturated rings. The molecule has 0 saturated carbocycles. The molecule has 2 rings (SSSR count). The van der Waals surface area contributed by atoms with Gasteiger partial charge in [0.05, 0.1) is 5.56 Å². The van der Waals surface area contributed by atoms with Crippen molar-refractivity contribution >= 4 is 18.3 Å². The van der Waals surface area contributed by atoms with Crippen molar-refractivity contribution in [2.24, 2.45) is 5.92 Å². The van der Waals surface area contributed by atoms with Crippen molar-refractivity contribution in [1.82, 2.24) is 10.6 Å². The molecule has 19 heavy (non-hydrogen) atoms. The van der Waals surface area contributed by atoms with Gasteiger partial charge in [0.15, 0.2) is 0 Å². The number of nitrogens with one attached hydrogen (secondary N) is 2. The first-order valence-corrected chi connectivity index (χ1v) is 5.63. The molecule has 1 amide bonds. The molecular weight excluding hydrogens is 281 g/mol. The van der Waals surface area contributed by atoms with Crippen LogP contribution in [0.1, 0.15) is 15.9 Å². The molecule has 1 saturated heterocycles. The smallest absolute Gasteiger partial charge is 0.352 e. The zero-order valence-corrected chi connectivity index (χ0v) is 10.8. The molecule has 0 bridgehead atoms. The molecule has 1 heterocycles. The van der Waals surface area contributed by atoms with E-state index in [4.69, 9.17) is 0 Å². The lowest BCUT2D eigenvalue weighted by molar-refractivity contribution is -0.137. The van der Waals surface area contributed by atoms with Gasteiger partial charge >= 0.3 is 6.18 Å². The molecule has 0 radical (unpaired) electrons. The minimum atomic E-state index is -4.37. The number of alkyl halides is 3. The third-order valence-electron chi connectivity index (χ3n) is 2.89. The van der Waals surface area contributed by atoms with Gasteiger partial charge in [0.2, 0.25) is 0 Å². The molecule has 0 unspecified atom stereocenters. The number of hydrogen-bond donors (Lipinski definition) is 2. The van der Waals surface area contributed by atoms with Gasteiger partial charge in [-0.1, -0.05) is 0 Å². The summed E-state index contributed by atoms with van der Waals surface area (Å²) in [5, 5.41) is 5.77. The summed E-state index contributed by atoms with van der Waals surface area (Å²) in [6, 6.07) is 4.22. The topological polar surface area (TPSA) is 41.1 Å².